The summed E-state index contributed by atoms with van der Waals surface area (Å²) in [6.45, 7) is 1.82. The molecule has 0 spiro atoms. The first-order valence-electron chi connectivity index (χ1n) is 7.94. The second kappa shape index (κ2) is 8.69. The molecule has 0 saturated heterocycles. The van der Waals surface area contributed by atoms with Gasteiger partial charge in [-0.1, -0.05) is 46.9 Å². The Bertz CT molecular complexity index is 933. The molecule has 0 radical (unpaired) electrons. The summed E-state index contributed by atoms with van der Waals surface area (Å²) >= 11 is 18.0. The molecule has 0 fully saturated rings. The molecule has 0 unspecified atom stereocenters. The first-order valence-corrected chi connectivity index (χ1v) is 10.9. The second-order valence-electron chi connectivity index (χ2n) is 6.15. The number of anilines is 1. The number of carbonyl (C=O) groups is 1. The van der Waals surface area contributed by atoms with Crippen LogP contribution < -0.4 is 4.31 Å². The van der Waals surface area contributed by atoms with Gasteiger partial charge in [0.1, 0.15) is 6.04 Å². The predicted octanol–water partition coefficient (Wildman–Crippen LogP) is 4.46. The zero-order valence-electron chi connectivity index (χ0n) is 15.0. The van der Waals surface area contributed by atoms with Crippen molar-refractivity contribution in [2.24, 2.45) is 0 Å². The largest absolute Gasteiger partial charge is 0.340 e. The Kier molecular flexibility index (Phi) is 7.03. The summed E-state index contributed by atoms with van der Waals surface area (Å²) in [4.78, 5) is 14.3. The van der Waals surface area contributed by atoms with Crippen LogP contribution in [0.25, 0.3) is 0 Å². The van der Waals surface area contributed by atoms with E-state index < -0.39 is 16.1 Å². The first-order chi connectivity index (χ1) is 12.5. The third-order valence-electron chi connectivity index (χ3n) is 3.92. The molecule has 0 N–H and O–H groups in total. The van der Waals surface area contributed by atoms with Crippen LogP contribution in [-0.4, -0.2) is 38.6 Å². The van der Waals surface area contributed by atoms with Gasteiger partial charge in [0.25, 0.3) is 0 Å². The van der Waals surface area contributed by atoms with Crippen LogP contribution in [0.3, 0.4) is 0 Å². The molecule has 0 aliphatic rings. The third kappa shape index (κ3) is 5.51. The molecule has 0 heterocycles. The van der Waals surface area contributed by atoms with Gasteiger partial charge in [0.2, 0.25) is 15.9 Å². The lowest BCUT2D eigenvalue weighted by molar-refractivity contribution is -0.131. The van der Waals surface area contributed by atoms with Gasteiger partial charge in [0, 0.05) is 23.6 Å². The summed E-state index contributed by atoms with van der Waals surface area (Å²) < 4.78 is 25.8. The van der Waals surface area contributed by atoms with Gasteiger partial charge in [-0.2, -0.15) is 0 Å². The maximum atomic E-state index is 12.9. The monoisotopic (exact) mass is 448 g/mol. The standard InChI is InChI=1S/C18H19Cl3N2O3S/c1-12(18(24)22(2)11-13-4-6-14(19)7-5-13)23(27(3,25)26)17-10-15(20)8-9-16(17)21/h4-10,12H,11H2,1-3H3/t12-/m0/s1. The molecule has 5 nitrogen and oxygen atoms in total. The van der Waals surface area contributed by atoms with E-state index in [1.165, 1.54) is 24.0 Å². The Morgan fingerprint density at radius 2 is 1.59 bits per heavy atom. The minimum absolute atomic E-state index is 0.160. The topological polar surface area (TPSA) is 57.7 Å². The fraction of sp³-hybridized carbons (Fsp3) is 0.278. The molecule has 0 aromatic heterocycles. The van der Waals surface area contributed by atoms with Crippen molar-refractivity contribution in [1.82, 2.24) is 4.90 Å². The number of hydrogen-bond donors (Lipinski definition) is 0. The Morgan fingerprint density at radius 3 is 2.15 bits per heavy atom. The lowest BCUT2D eigenvalue weighted by atomic mass is 10.2. The lowest BCUT2D eigenvalue weighted by Crippen LogP contribution is -2.48. The van der Waals surface area contributed by atoms with E-state index in [0.29, 0.717) is 16.6 Å². The van der Waals surface area contributed by atoms with Crippen molar-refractivity contribution in [1.29, 1.82) is 0 Å². The van der Waals surface area contributed by atoms with Gasteiger partial charge >= 0.3 is 0 Å². The predicted molar refractivity (Wildman–Crippen MR) is 111 cm³/mol. The zero-order valence-corrected chi connectivity index (χ0v) is 18.1. The molecule has 2 aromatic carbocycles. The minimum Gasteiger partial charge on any atom is -0.340 e. The fourth-order valence-corrected chi connectivity index (χ4v) is 4.41. The van der Waals surface area contributed by atoms with Crippen LogP contribution in [0.1, 0.15) is 12.5 Å². The van der Waals surface area contributed by atoms with Crippen LogP contribution in [0.15, 0.2) is 42.5 Å². The van der Waals surface area contributed by atoms with Crippen LogP contribution in [0, 0.1) is 0 Å². The highest BCUT2D eigenvalue weighted by Crippen LogP contribution is 2.32. The summed E-state index contributed by atoms with van der Waals surface area (Å²) in [5.74, 6) is -0.383. The highest BCUT2D eigenvalue weighted by molar-refractivity contribution is 7.92. The number of halogens is 3. The highest BCUT2D eigenvalue weighted by atomic mass is 35.5. The summed E-state index contributed by atoms with van der Waals surface area (Å²) in [6, 6.07) is 10.5. The Labute approximate surface area is 174 Å². The molecule has 1 amide bonds. The van der Waals surface area contributed by atoms with Gasteiger partial charge in [-0.05, 0) is 42.8 Å². The molecule has 0 aliphatic carbocycles. The summed E-state index contributed by atoms with van der Waals surface area (Å²) in [5.41, 5.74) is 1.03. The molecule has 27 heavy (non-hydrogen) atoms. The maximum Gasteiger partial charge on any atom is 0.246 e. The number of hydrogen-bond acceptors (Lipinski definition) is 3. The minimum atomic E-state index is -3.79. The highest BCUT2D eigenvalue weighted by Gasteiger charge is 2.32. The van der Waals surface area contributed by atoms with E-state index in [0.717, 1.165) is 16.1 Å². The van der Waals surface area contributed by atoms with E-state index in [2.05, 4.69) is 0 Å². The van der Waals surface area contributed by atoms with E-state index in [4.69, 9.17) is 34.8 Å². The van der Waals surface area contributed by atoms with Crippen molar-refractivity contribution in [2.75, 3.05) is 17.6 Å². The van der Waals surface area contributed by atoms with Crippen LogP contribution in [0.4, 0.5) is 5.69 Å². The molecule has 9 heteroatoms. The molecule has 2 rings (SSSR count). The molecule has 0 aliphatic heterocycles. The van der Waals surface area contributed by atoms with Crippen LogP contribution >= 0.6 is 34.8 Å². The number of rotatable bonds is 6. The molecular weight excluding hydrogens is 431 g/mol. The number of nitrogens with zero attached hydrogens (tertiary/aromatic N) is 2. The Morgan fingerprint density at radius 1 is 1.04 bits per heavy atom. The molecule has 1 atom stereocenters. The lowest BCUT2D eigenvalue weighted by Gasteiger charge is -2.31. The quantitative estimate of drug-likeness (QED) is 0.654. The van der Waals surface area contributed by atoms with E-state index in [9.17, 15) is 13.2 Å². The van der Waals surface area contributed by atoms with Crippen LogP contribution in [-0.2, 0) is 21.4 Å². The van der Waals surface area contributed by atoms with Gasteiger partial charge in [0.05, 0.1) is 17.0 Å². The molecule has 146 valence electrons. The Hall–Kier alpha value is -1.47. The average Bonchev–Trinajstić information content (AvgIpc) is 2.58. The van der Waals surface area contributed by atoms with Crippen molar-refractivity contribution in [2.45, 2.75) is 19.5 Å². The Balaban J connectivity index is 2.31. The number of carbonyl (C=O) groups excluding carboxylic acids is 1. The number of sulfonamides is 1. The smallest absolute Gasteiger partial charge is 0.246 e. The van der Waals surface area contributed by atoms with Crippen LogP contribution in [0.5, 0.6) is 0 Å². The average molecular weight is 450 g/mol. The van der Waals surface area contributed by atoms with Crippen molar-refractivity contribution >= 4 is 56.4 Å². The normalized spacial score (nSPS) is 12.5. The summed E-state index contributed by atoms with van der Waals surface area (Å²) in [5, 5.41) is 1.10. The van der Waals surface area contributed by atoms with E-state index in [1.54, 1.807) is 37.4 Å². The van der Waals surface area contributed by atoms with E-state index in [-0.39, 0.29) is 16.6 Å². The van der Waals surface area contributed by atoms with Gasteiger partial charge < -0.3 is 4.90 Å². The molecule has 0 saturated carbocycles. The van der Waals surface area contributed by atoms with Crippen molar-refractivity contribution in [3.8, 4) is 0 Å². The van der Waals surface area contributed by atoms with Crippen molar-refractivity contribution in [3.63, 3.8) is 0 Å². The third-order valence-corrected chi connectivity index (χ3v) is 5.96. The number of benzene rings is 2. The molecule has 0 bridgehead atoms. The number of likely N-dealkylation sites (N-methyl/N-ethyl adjacent to an activating group) is 1. The van der Waals surface area contributed by atoms with Gasteiger partial charge in [-0.25, -0.2) is 8.42 Å². The molecular formula is C18H19Cl3N2O3S. The van der Waals surface area contributed by atoms with Crippen molar-refractivity contribution < 1.29 is 13.2 Å². The van der Waals surface area contributed by atoms with E-state index >= 15 is 0 Å². The second-order valence-corrected chi connectivity index (χ2v) is 9.29. The summed E-state index contributed by atoms with van der Waals surface area (Å²) in [7, 11) is -2.18. The first kappa shape index (κ1) is 21.8. The SMILES string of the molecule is C[C@@H](C(=O)N(C)Cc1ccc(Cl)cc1)N(c1cc(Cl)ccc1Cl)S(C)(=O)=O. The number of amides is 1. The summed E-state index contributed by atoms with van der Waals surface area (Å²) in [6.07, 6.45) is 1.02. The van der Waals surface area contributed by atoms with Gasteiger partial charge in [-0.15, -0.1) is 0 Å². The fourth-order valence-electron chi connectivity index (χ4n) is 2.69. The zero-order chi connectivity index (χ0) is 20.4. The van der Waals surface area contributed by atoms with Gasteiger partial charge in [0.15, 0.2) is 0 Å². The van der Waals surface area contributed by atoms with E-state index in [1.807, 2.05) is 0 Å². The van der Waals surface area contributed by atoms with Crippen LogP contribution in [0.2, 0.25) is 15.1 Å². The van der Waals surface area contributed by atoms with Gasteiger partial charge in [-0.3, -0.25) is 9.10 Å². The maximum absolute atomic E-state index is 12.9. The molecule has 2 aromatic rings. The van der Waals surface area contributed by atoms with Crippen molar-refractivity contribution in [3.05, 3.63) is 63.1 Å².